The predicted octanol–water partition coefficient (Wildman–Crippen LogP) is 3.20. The molecule has 32 heavy (non-hydrogen) atoms. The molecular formula is C25H41N3O3S. The molecule has 1 aromatic rings. The highest BCUT2D eigenvalue weighted by atomic mass is 32.1. The molecule has 1 aromatic heterocycles. The lowest BCUT2D eigenvalue weighted by molar-refractivity contribution is -0.124. The monoisotopic (exact) mass is 463 g/mol. The number of likely N-dealkylation sites (N-methyl/N-ethyl adjacent to an activating group) is 1. The summed E-state index contributed by atoms with van der Waals surface area (Å²) >= 11 is 1.60. The van der Waals surface area contributed by atoms with Crippen molar-refractivity contribution in [1.29, 1.82) is 0 Å². The van der Waals surface area contributed by atoms with Crippen LogP contribution < -0.4 is 10.6 Å². The maximum absolute atomic E-state index is 12.9. The average Bonchev–Trinajstić information content (AvgIpc) is 3.25. The van der Waals surface area contributed by atoms with E-state index in [0.717, 1.165) is 37.1 Å². The minimum atomic E-state index is -0.685. The summed E-state index contributed by atoms with van der Waals surface area (Å²) in [7, 11) is 3.99. The third-order valence-electron chi connectivity index (χ3n) is 7.78. The Morgan fingerprint density at radius 3 is 2.59 bits per heavy atom. The molecule has 4 unspecified atom stereocenters. The molecule has 7 heteroatoms. The van der Waals surface area contributed by atoms with E-state index in [-0.39, 0.29) is 34.6 Å². The van der Waals surface area contributed by atoms with Gasteiger partial charge >= 0.3 is 0 Å². The molecule has 4 atom stereocenters. The quantitative estimate of drug-likeness (QED) is 0.525. The molecule has 0 radical (unpaired) electrons. The largest absolute Gasteiger partial charge is 0.390 e. The van der Waals surface area contributed by atoms with Crippen LogP contribution in [0.4, 0.5) is 0 Å². The number of aliphatic hydroxyl groups is 1. The van der Waals surface area contributed by atoms with Crippen molar-refractivity contribution in [2.45, 2.75) is 77.4 Å². The number of amides is 2. The number of carbonyl (C=O) groups is 2. The number of hydrogen-bond acceptors (Lipinski definition) is 5. The number of rotatable bonds is 9. The first-order chi connectivity index (χ1) is 14.9. The van der Waals surface area contributed by atoms with Crippen LogP contribution >= 0.6 is 11.3 Å². The summed E-state index contributed by atoms with van der Waals surface area (Å²) in [4.78, 5) is 28.7. The minimum Gasteiger partial charge on any atom is -0.390 e. The Bertz CT molecular complexity index is 790. The van der Waals surface area contributed by atoms with E-state index < -0.39 is 5.60 Å². The van der Waals surface area contributed by atoms with Crippen LogP contribution in [0.2, 0.25) is 0 Å². The second-order valence-corrected chi connectivity index (χ2v) is 12.2. The topological polar surface area (TPSA) is 81.7 Å². The number of nitrogens with one attached hydrogen (secondary N) is 2. The van der Waals surface area contributed by atoms with Gasteiger partial charge in [-0.1, -0.05) is 19.9 Å². The Labute approximate surface area is 197 Å². The Morgan fingerprint density at radius 2 is 1.94 bits per heavy atom. The molecule has 2 aliphatic rings. The highest BCUT2D eigenvalue weighted by Crippen LogP contribution is 2.63. The van der Waals surface area contributed by atoms with E-state index in [4.69, 9.17) is 0 Å². The number of fused-ring (bicyclic) bond motifs is 1. The molecule has 2 fully saturated rings. The standard InChI is InChI=1S/C25H41N3O3S/c1-23(2)17-20(27-22(30)15-18-7-6-14-32-18)25(11-10-24(3,31)16-19(23)25)9-8-21(29)26-12-13-28(4)5/h6-7,14,19-20,31H,8-13,15-17H2,1-5H3,(H,26,29)(H,27,30). The van der Waals surface area contributed by atoms with Crippen molar-refractivity contribution in [2.75, 3.05) is 27.2 Å². The maximum atomic E-state index is 12.9. The summed E-state index contributed by atoms with van der Waals surface area (Å²) < 4.78 is 0. The molecule has 2 amide bonds. The highest BCUT2D eigenvalue weighted by Gasteiger charge is 2.61. The van der Waals surface area contributed by atoms with Crippen LogP contribution in [0.25, 0.3) is 0 Å². The average molecular weight is 464 g/mol. The van der Waals surface area contributed by atoms with Crippen LogP contribution in [0.5, 0.6) is 0 Å². The third-order valence-corrected chi connectivity index (χ3v) is 8.66. The lowest BCUT2D eigenvalue weighted by Crippen LogP contribution is -2.53. The summed E-state index contributed by atoms with van der Waals surface area (Å²) in [6, 6.07) is 4.00. The van der Waals surface area contributed by atoms with Crippen LogP contribution in [0.1, 0.15) is 64.2 Å². The van der Waals surface area contributed by atoms with Gasteiger partial charge in [-0.2, -0.15) is 0 Å². The van der Waals surface area contributed by atoms with Crippen LogP contribution in [-0.4, -0.2) is 60.6 Å². The first-order valence-corrected chi connectivity index (χ1v) is 12.8. The van der Waals surface area contributed by atoms with Crippen LogP contribution in [-0.2, 0) is 16.0 Å². The molecule has 0 bridgehead atoms. The lowest BCUT2D eigenvalue weighted by atomic mass is 9.57. The Balaban J connectivity index is 1.75. The first kappa shape index (κ1) is 25.2. The van der Waals surface area contributed by atoms with Crippen molar-refractivity contribution in [3.05, 3.63) is 22.4 Å². The zero-order valence-electron chi connectivity index (χ0n) is 20.4. The van der Waals surface area contributed by atoms with Gasteiger partial charge < -0.3 is 20.6 Å². The molecule has 0 aliphatic heterocycles. The summed E-state index contributed by atoms with van der Waals surface area (Å²) in [5.74, 6) is 0.395. The van der Waals surface area contributed by atoms with E-state index in [1.165, 1.54) is 0 Å². The van der Waals surface area contributed by atoms with Crippen molar-refractivity contribution in [3.63, 3.8) is 0 Å². The molecule has 180 valence electrons. The molecule has 3 N–H and O–H groups in total. The van der Waals surface area contributed by atoms with Gasteiger partial charge in [0.2, 0.25) is 11.8 Å². The zero-order chi connectivity index (χ0) is 23.6. The number of hydrogen-bond donors (Lipinski definition) is 3. The zero-order valence-corrected chi connectivity index (χ0v) is 21.2. The number of nitrogens with zero attached hydrogens (tertiary/aromatic N) is 1. The lowest BCUT2D eigenvalue weighted by Gasteiger charge is -2.50. The smallest absolute Gasteiger partial charge is 0.225 e. The first-order valence-electron chi connectivity index (χ1n) is 11.9. The van der Waals surface area contributed by atoms with Gasteiger partial charge in [0.05, 0.1) is 12.0 Å². The summed E-state index contributed by atoms with van der Waals surface area (Å²) in [5.41, 5.74) is -0.850. The van der Waals surface area contributed by atoms with Crippen LogP contribution in [0.3, 0.4) is 0 Å². The second kappa shape index (κ2) is 9.82. The fourth-order valence-corrected chi connectivity index (χ4v) is 6.81. The van der Waals surface area contributed by atoms with Gasteiger partial charge in [-0.15, -0.1) is 11.3 Å². The molecule has 0 aromatic carbocycles. The van der Waals surface area contributed by atoms with Crippen molar-refractivity contribution < 1.29 is 14.7 Å². The fourth-order valence-electron chi connectivity index (χ4n) is 6.10. The summed E-state index contributed by atoms with van der Waals surface area (Å²) in [5, 5.41) is 19.3. The van der Waals surface area contributed by atoms with E-state index in [2.05, 4.69) is 29.4 Å². The van der Waals surface area contributed by atoms with Gasteiger partial charge in [-0.05, 0) is 81.3 Å². The molecule has 2 saturated carbocycles. The second-order valence-electron chi connectivity index (χ2n) is 11.2. The van der Waals surface area contributed by atoms with Crippen molar-refractivity contribution in [3.8, 4) is 0 Å². The fraction of sp³-hybridized carbons (Fsp3) is 0.760. The van der Waals surface area contributed by atoms with Gasteiger partial charge in [0.25, 0.3) is 0 Å². The molecule has 0 spiro atoms. The van der Waals surface area contributed by atoms with Crippen molar-refractivity contribution in [1.82, 2.24) is 15.5 Å². The number of thiophene rings is 1. The Hall–Kier alpha value is -1.44. The Kier molecular flexibility index (Phi) is 7.73. The van der Waals surface area contributed by atoms with E-state index in [1.807, 2.05) is 38.5 Å². The summed E-state index contributed by atoms with van der Waals surface area (Å²) in [6.45, 7) is 7.91. The molecule has 1 heterocycles. The molecule has 6 nitrogen and oxygen atoms in total. The molecular weight excluding hydrogens is 422 g/mol. The molecule has 0 saturated heterocycles. The Morgan fingerprint density at radius 1 is 1.19 bits per heavy atom. The van der Waals surface area contributed by atoms with Gasteiger partial charge in [0.1, 0.15) is 0 Å². The van der Waals surface area contributed by atoms with Gasteiger partial charge in [0.15, 0.2) is 0 Å². The maximum Gasteiger partial charge on any atom is 0.225 e. The number of carbonyl (C=O) groups excluding carboxylic acids is 2. The summed E-state index contributed by atoms with van der Waals surface area (Å²) in [6.07, 6.45) is 4.75. The third kappa shape index (κ3) is 5.91. The van der Waals surface area contributed by atoms with Crippen LogP contribution in [0, 0.1) is 16.7 Å². The normalized spacial score (nSPS) is 31.3. The molecule has 3 rings (SSSR count). The van der Waals surface area contributed by atoms with E-state index >= 15 is 0 Å². The van der Waals surface area contributed by atoms with Crippen LogP contribution in [0.15, 0.2) is 17.5 Å². The minimum absolute atomic E-state index is 0.00725. The van der Waals surface area contributed by atoms with Gasteiger partial charge in [-0.3, -0.25) is 9.59 Å². The highest BCUT2D eigenvalue weighted by molar-refractivity contribution is 7.10. The van der Waals surface area contributed by atoms with Crippen molar-refractivity contribution in [2.24, 2.45) is 16.7 Å². The van der Waals surface area contributed by atoms with Gasteiger partial charge in [-0.25, -0.2) is 0 Å². The van der Waals surface area contributed by atoms with Gasteiger partial charge in [0, 0.05) is 30.4 Å². The van der Waals surface area contributed by atoms with E-state index in [0.29, 0.717) is 25.8 Å². The van der Waals surface area contributed by atoms with E-state index in [1.54, 1.807) is 11.3 Å². The SMILES string of the molecule is CN(C)CCNC(=O)CCC12CCC(C)(O)CC1C(C)(C)CC2NC(=O)Cc1cccs1. The van der Waals surface area contributed by atoms with E-state index in [9.17, 15) is 14.7 Å². The predicted molar refractivity (Wildman–Crippen MR) is 130 cm³/mol. The molecule has 2 aliphatic carbocycles. The van der Waals surface area contributed by atoms with Crippen molar-refractivity contribution >= 4 is 23.2 Å².